The predicted molar refractivity (Wildman–Crippen MR) is 55.1 cm³/mol. The predicted octanol–water partition coefficient (Wildman–Crippen LogP) is 3.21. The van der Waals surface area contributed by atoms with Crippen molar-refractivity contribution in [2.75, 3.05) is 13.2 Å². The molecule has 3 atom stereocenters. The smallest absolute Gasteiger partial charge is 0.0495 e. The van der Waals surface area contributed by atoms with Crippen LogP contribution in [0.2, 0.25) is 0 Å². The number of hydrogen-bond acceptors (Lipinski definition) is 1. The SMILES string of the molecule is ClC1CCCC(CC2CCOC2)C1. The maximum absolute atomic E-state index is 6.17. The van der Waals surface area contributed by atoms with E-state index in [1.54, 1.807) is 0 Å². The summed E-state index contributed by atoms with van der Waals surface area (Å²) in [5, 5.41) is 0.459. The van der Waals surface area contributed by atoms with E-state index in [1.807, 2.05) is 0 Å². The Hall–Kier alpha value is 0.250. The van der Waals surface area contributed by atoms with Gasteiger partial charge in [0.1, 0.15) is 0 Å². The van der Waals surface area contributed by atoms with Crippen molar-refractivity contribution >= 4 is 11.6 Å². The van der Waals surface area contributed by atoms with Crippen LogP contribution in [0.5, 0.6) is 0 Å². The molecule has 3 unspecified atom stereocenters. The third-order valence-corrected chi connectivity index (χ3v) is 3.81. The van der Waals surface area contributed by atoms with Crippen LogP contribution >= 0.6 is 11.6 Å². The van der Waals surface area contributed by atoms with Gasteiger partial charge in [-0.1, -0.05) is 12.8 Å². The molecule has 1 nitrogen and oxygen atoms in total. The van der Waals surface area contributed by atoms with Crippen LogP contribution in [0, 0.1) is 11.8 Å². The van der Waals surface area contributed by atoms with Gasteiger partial charge in [0.15, 0.2) is 0 Å². The number of hydrogen-bond donors (Lipinski definition) is 0. The molecule has 2 aliphatic rings. The Morgan fingerprint density at radius 1 is 1.15 bits per heavy atom. The minimum absolute atomic E-state index is 0.459. The molecule has 0 spiro atoms. The number of alkyl halides is 1. The Morgan fingerprint density at radius 3 is 2.77 bits per heavy atom. The number of rotatable bonds is 2. The van der Waals surface area contributed by atoms with Crippen LogP contribution in [0.25, 0.3) is 0 Å². The molecule has 0 bridgehead atoms. The highest BCUT2D eigenvalue weighted by atomic mass is 35.5. The summed E-state index contributed by atoms with van der Waals surface area (Å²) in [6.07, 6.45) is 7.87. The van der Waals surface area contributed by atoms with E-state index in [9.17, 15) is 0 Å². The lowest BCUT2D eigenvalue weighted by molar-refractivity contribution is 0.176. The molecule has 76 valence electrons. The Morgan fingerprint density at radius 2 is 2.08 bits per heavy atom. The summed E-state index contributed by atoms with van der Waals surface area (Å²) in [7, 11) is 0. The van der Waals surface area contributed by atoms with Gasteiger partial charge in [-0.25, -0.2) is 0 Å². The van der Waals surface area contributed by atoms with E-state index in [2.05, 4.69) is 0 Å². The van der Waals surface area contributed by atoms with Crippen LogP contribution in [0.15, 0.2) is 0 Å². The molecule has 1 saturated heterocycles. The highest BCUT2D eigenvalue weighted by Gasteiger charge is 2.25. The lowest BCUT2D eigenvalue weighted by atomic mass is 9.82. The zero-order valence-corrected chi connectivity index (χ0v) is 8.93. The van der Waals surface area contributed by atoms with Crippen LogP contribution in [-0.4, -0.2) is 18.6 Å². The summed E-state index contributed by atoms with van der Waals surface area (Å²) in [5.41, 5.74) is 0. The Labute approximate surface area is 85.8 Å². The number of ether oxygens (including phenoxy) is 1. The summed E-state index contributed by atoms with van der Waals surface area (Å²) >= 11 is 6.17. The molecule has 0 aromatic carbocycles. The molecule has 2 heteroatoms. The molecule has 0 N–H and O–H groups in total. The van der Waals surface area contributed by atoms with E-state index in [4.69, 9.17) is 16.3 Å². The zero-order valence-electron chi connectivity index (χ0n) is 8.18. The molecular formula is C11H19ClO. The molecule has 1 saturated carbocycles. The average molecular weight is 203 g/mol. The standard InChI is InChI=1S/C11H19ClO/c12-11-3-1-2-9(7-11)6-10-4-5-13-8-10/h9-11H,1-8H2. The molecule has 13 heavy (non-hydrogen) atoms. The summed E-state index contributed by atoms with van der Waals surface area (Å²) < 4.78 is 5.39. The highest BCUT2D eigenvalue weighted by molar-refractivity contribution is 6.20. The summed E-state index contributed by atoms with van der Waals surface area (Å²) in [6.45, 7) is 1.99. The van der Waals surface area contributed by atoms with Gasteiger partial charge < -0.3 is 4.74 Å². The van der Waals surface area contributed by atoms with Gasteiger partial charge in [0.05, 0.1) is 0 Å². The number of halogens is 1. The van der Waals surface area contributed by atoms with Gasteiger partial charge >= 0.3 is 0 Å². The van der Waals surface area contributed by atoms with Crippen molar-refractivity contribution in [2.45, 2.75) is 43.9 Å². The van der Waals surface area contributed by atoms with Crippen molar-refractivity contribution in [1.29, 1.82) is 0 Å². The minimum atomic E-state index is 0.459. The fourth-order valence-corrected chi connectivity index (χ4v) is 3.09. The highest BCUT2D eigenvalue weighted by Crippen LogP contribution is 2.33. The lowest BCUT2D eigenvalue weighted by Crippen LogP contribution is -2.18. The third-order valence-electron chi connectivity index (χ3n) is 3.41. The van der Waals surface area contributed by atoms with E-state index in [1.165, 1.54) is 38.5 Å². The first-order chi connectivity index (χ1) is 6.34. The van der Waals surface area contributed by atoms with Gasteiger partial charge in [0.2, 0.25) is 0 Å². The maximum Gasteiger partial charge on any atom is 0.0495 e. The normalized spacial score (nSPS) is 40.8. The van der Waals surface area contributed by atoms with Gasteiger partial charge in [-0.2, -0.15) is 0 Å². The van der Waals surface area contributed by atoms with E-state index in [-0.39, 0.29) is 0 Å². The molecule has 0 radical (unpaired) electrons. The monoisotopic (exact) mass is 202 g/mol. The van der Waals surface area contributed by atoms with Crippen LogP contribution in [0.4, 0.5) is 0 Å². The van der Waals surface area contributed by atoms with Crippen molar-refractivity contribution in [3.63, 3.8) is 0 Å². The van der Waals surface area contributed by atoms with Crippen LogP contribution in [-0.2, 0) is 4.74 Å². The topological polar surface area (TPSA) is 9.23 Å². The fourth-order valence-electron chi connectivity index (χ4n) is 2.68. The summed E-state index contributed by atoms with van der Waals surface area (Å²) in [5.74, 6) is 1.73. The lowest BCUT2D eigenvalue weighted by Gasteiger charge is -2.27. The largest absolute Gasteiger partial charge is 0.381 e. The zero-order chi connectivity index (χ0) is 9.10. The van der Waals surface area contributed by atoms with Crippen LogP contribution in [0.3, 0.4) is 0 Å². The quantitative estimate of drug-likeness (QED) is 0.625. The van der Waals surface area contributed by atoms with Crippen LogP contribution in [0.1, 0.15) is 38.5 Å². The minimum Gasteiger partial charge on any atom is -0.381 e. The first-order valence-electron chi connectivity index (χ1n) is 5.56. The second kappa shape index (κ2) is 4.65. The molecular weight excluding hydrogens is 184 g/mol. The van der Waals surface area contributed by atoms with E-state index in [0.717, 1.165) is 25.0 Å². The first-order valence-corrected chi connectivity index (χ1v) is 6.00. The Bertz CT molecular complexity index is 154. The molecule has 1 heterocycles. The maximum atomic E-state index is 6.17. The van der Waals surface area contributed by atoms with Gasteiger partial charge in [-0.15, -0.1) is 11.6 Å². The molecule has 1 aliphatic carbocycles. The van der Waals surface area contributed by atoms with Crippen molar-refractivity contribution in [2.24, 2.45) is 11.8 Å². The average Bonchev–Trinajstić information content (AvgIpc) is 2.57. The first kappa shape index (κ1) is 9.79. The van der Waals surface area contributed by atoms with E-state index in [0.29, 0.717) is 5.38 Å². The Kier molecular flexibility index (Phi) is 3.51. The fraction of sp³-hybridized carbons (Fsp3) is 1.00. The van der Waals surface area contributed by atoms with E-state index >= 15 is 0 Å². The molecule has 0 aromatic heterocycles. The molecule has 0 amide bonds. The van der Waals surface area contributed by atoms with Gasteiger partial charge in [-0.3, -0.25) is 0 Å². The van der Waals surface area contributed by atoms with Crippen molar-refractivity contribution < 1.29 is 4.74 Å². The van der Waals surface area contributed by atoms with Gasteiger partial charge in [0.25, 0.3) is 0 Å². The second-order valence-corrected chi connectivity index (χ2v) is 5.21. The summed E-state index contributed by atoms with van der Waals surface area (Å²) in [4.78, 5) is 0. The van der Waals surface area contributed by atoms with E-state index < -0.39 is 0 Å². The van der Waals surface area contributed by atoms with Crippen LogP contribution < -0.4 is 0 Å². The van der Waals surface area contributed by atoms with Gasteiger partial charge in [0, 0.05) is 18.6 Å². The second-order valence-electron chi connectivity index (χ2n) is 4.60. The van der Waals surface area contributed by atoms with Crippen molar-refractivity contribution in [3.8, 4) is 0 Å². The molecule has 1 aliphatic heterocycles. The molecule has 0 aromatic rings. The summed E-state index contributed by atoms with van der Waals surface area (Å²) in [6, 6.07) is 0. The third kappa shape index (κ3) is 2.85. The van der Waals surface area contributed by atoms with Crippen molar-refractivity contribution in [3.05, 3.63) is 0 Å². The van der Waals surface area contributed by atoms with Crippen molar-refractivity contribution in [1.82, 2.24) is 0 Å². The molecule has 2 fully saturated rings. The van der Waals surface area contributed by atoms with Gasteiger partial charge in [-0.05, 0) is 37.5 Å². The molecule has 2 rings (SSSR count). The Balaban J connectivity index is 1.73.